The molecule has 2 aromatic rings. The predicted octanol–water partition coefficient (Wildman–Crippen LogP) is 3.43. The number of halogens is 2. The fraction of sp³-hybridized carbons (Fsp3) is 0.167. The number of nitrogens with one attached hydrogen (secondary N) is 1. The van der Waals surface area contributed by atoms with Crippen molar-refractivity contribution in [2.75, 3.05) is 5.32 Å². The molecule has 2 rings (SSSR count). The third kappa shape index (κ3) is 3.27. The van der Waals surface area contributed by atoms with Gasteiger partial charge in [-0.05, 0) is 25.1 Å². The van der Waals surface area contributed by atoms with Crippen LogP contribution in [-0.4, -0.2) is 10.9 Å². The first-order chi connectivity index (χ1) is 8.54. The van der Waals surface area contributed by atoms with Crippen LogP contribution in [-0.2, 0) is 11.2 Å². The number of aryl methyl sites for hydroxylation is 1. The lowest BCUT2D eigenvalue weighted by molar-refractivity contribution is -0.115. The number of rotatable bonds is 3. The molecule has 0 saturated heterocycles. The summed E-state index contributed by atoms with van der Waals surface area (Å²) in [7, 11) is 0. The van der Waals surface area contributed by atoms with Crippen molar-refractivity contribution in [3.63, 3.8) is 0 Å². The molecule has 3 nitrogen and oxygen atoms in total. The van der Waals surface area contributed by atoms with Crippen LogP contribution in [0.1, 0.15) is 10.7 Å². The van der Waals surface area contributed by atoms with Crippen LogP contribution in [0.4, 0.5) is 10.1 Å². The monoisotopic (exact) mass is 284 g/mol. The molecule has 0 aliphatic rings. The van der Waals surface area contributed by atoms with E-state index in [1.807, 2.05) is 12.3 Å². The number of carbonyl (C=O) groups excluding carboxylic acids is 1. The van der Waals surface area contributed by atoms with Crippen molar-refractivity contribution in [3.05, 3.63) is 45.1 Å². The fourth-order valence-corrected chi connectivity index (χ4v) is 2.23. The van der Waals surface area contributed by atoms with E-state index in [9.17, 15) is 9.18 Å². The van der Waals surface area contributed by atoms with Gasteiger partial charge >= 0.3 is 0 Å². The number of amides is 1. The van der Waals surface area contributed by atoms with Crippen LogP contribution < -0.4 is 5.32 Å². The summed E-state index contributed by atoms with van der Waals surface area (Å²) < 4.78 is 12.9. The van der Waals surface area contributed by atoms with Crippen LogP contribution in [0.5, 0.6) is 0 Å². The molecular weight excluding hydrogens is 275 g/mol. The van der Waals surface area contributed by atoms with E-state index in [-0.39, 0.29) is 17.4 Å². The van der Waals surface area contributed by atoms with Crippen molar-refractivity contribution in [1.29, 1.82) is 0 Å². The molecular formula is C12H10ClFN2OS. The van der Waals surface area contributed by atoms with Crippen molar-refractivity contribution in [2.45, 2.75) is 13.3 Å². The van der Waals surface area contributed by atoms with Crippen molar-refractivity contribution >= 4 is 34.5 Å². The summed E-state index contributed by atoms with van der Waals surface area (Å²) in [5.74, 6) is -0.715. The number of nitrogens with zero attached hydrogens (tertiary/aromatic N) is 1. The second-order valence-electron chi connectivity index (χ2n) is 3.71. The van der Waals surface area contributed by atoms with Gasteiger partial charge in [-0.2, -0.15) is 0 Å². The van der Waals surface area contributed by atoms with Crippen LogP contribution in [0.2, 0.25) is 5.02 Å². The van der Waals surface area contributed by atoms with Crippen LogP contribution in [0.3, 0.4) is 0 Å². The van der Waals surface area contributed by atoms with E-state index in [2.05, 4.69) is 10.3 Å². The summed E-state index contributed by atoms with van der Waals surface area (Å²) in [6, 6.07) is 4.05. The number of anilines is 1. The lowest BCUT2D eigenvalue weighted by Gasteiger charge is -2.04. The third-order valence-corrected chi connectivity index (χ3v) is 3.32. The Kier molecular flexibility index (Phi) is 3.93. The summed E-state index contributed by atoms with van der Waals surface area (Å²) >= 11 is 7.12. The summed E-state index contributed by atoms with van der Waals surface area (Å²) in [6.45, 7) is 1.88. The van der Waals surface area contributed by atoms with E-state index in [0.29, 0.717) is 5.69 Å². The van der Waals surface area contributed by atoms with Crippen LogP contribution >= 0.6 is 22.9 Å². The van der Waals surface area contributed by atoms with Crippen LogP contribution in [0, 0.1) is 12.7 Å². The Morgan fingerprint density at radius 1 is 1.56 bits per heavy atom. The first kappa shape index (κ1) is 13.0. The topological polar surface area (TPSA) is 42.0 Å². The molecule has 0 spiro atoms. The highest BCUT2D eigenvalue weighted by Crippen LogP contribution is 2.19. The van der Waals surface area contributed by atoms with Crippen molar-refractivity contribution in [1.82, 2.24) is 4.98 Å². The Labute approximate surface area is 113 Å². The van der Waals surface area contributed by atoms with E-state index < -0.39 is 5.82 Å². The number of hydrogen-bond acceptors (Lipinski definition) is 3. The molecule has 1 amide bonds. The highest BCUT2D eigenvalue weighted by Gasteiger charge is 2.08. The molecule has 1 aromatic heterocycles. The van der Waals surface area contributed by atoms with Gasteiger partial charge in [-0.25, -0.2) is 9.37 Å². The maximum absolute atomic E-state index is 12.9. The molecule has 1 heterocycles. The molecule has 0 bridgehead atoms. The van der Waals surface area contributed by atoms with Gasteiger partial charge in [0.05, 0.1) is 22.1 Å². The molecule has 0 unspecified atom stereocenters. The number of benzene rings is 1. The zero-order chi connectivity index (χ0) is 13.1. The molecule has 1 N–H and O–H groups in total. The van der Waals surface area contributed by atoms with Gasteiger partial charge in [0, 0.05) is 11.1 Å². The largest absolute Gasteiger partial charge is 0.326 e. The Hall–Kier alpha value is -1.46. The summed E-state index contributed by atoms with van der Waals surface area (Å²) in [5, 5.41) is 5.38. The quantitative estimate of drug-likeness (QED) is 0.938. The molecule has 0 atom stereocenters. The Bertz CT molecular complexity index is 585. The fourth-order valence-electron chi connectivity index (χ4n) is 1.43. The van der Waals surface area contributed by atoms with Gasteiger partial charge in [0.15, 0.2) is 0 Å². The third-order valence-electron chi connectivity index (χ3n) is 2.21. The molecule has 0 fully saturated rings. The van der Waals surface area contributed by atoms with Gasteiger partial charge < -0.3 is 5.32 Å². The van der Waals surface area contributed by atoms with Crippen LogP contribution in [0.25, 0.3) is 0 Å². The minimum Gasteiger partial charge on any atom is -0.326 e. The molecule has 0 saturated carbocycles. The number of thiazole rings is 1. The molecule has 0 aliphatic heterocycles. The number of aromatic nitrogens is 1. The zero-order valence-corrected chi connectivity index (χ0v) is 11.1. The van der Waals surface area contributed by atoms with Crippen molar-refractivity contribution in [3.8, 4) is 0 Å². The molecule has 0 aliphatic carbocycles. The van der Waals surface area contributed by atoms with E-state index in [0.717, 1.165) is 10.7 Å². The van der Waals surface area contributed by atoms with Gasteiger partial charge in [-0.15, -0.1) is 11.3 Å². The number of carbonyl (C=O) groups is 1. The molecule has 18 heavy (non-hydrogen) atoms. The van der Waals surface area contributed by atoms with Gasteiger partial charge in [-0.3, -0.25) is 4.79 Å². The summed E-state index contributed by atoms with van der Waals surface area (Å²) in [4.78, 5) is 15.9. The molecule has 1 aromatic carbocycles. The standard InChI is InChI=1S/C12H10ClFN2OS/c1-7-15-9(6-18-7)5-12(17)16-8-2-3-11(14)10(13)4-8/h2-4,6H,5H2,1H3,(H,16,17). The first-order valence-corrected chi connectivity index (χ1v) is 6.46. The van der Waals surface area contributed by atoms with Crippen molar-refractivity contribution in [2.24, 2.45) is 0 Å². The summed E-state index contributed by atoms with van der Waals surface area (Å²) in [5.41, 5.74) is 1.20. The van der Waals surface area contributed by atoms with Crippen LogP contribution in [0.15, 0.2) is 23.6 Å². The maximum atomic E-state index is 12.9. The maximum Gasteiger partial charge on any atom is 0.230 e. The lowest BCUT2D eigenvalue weighted by Crippen LogP contribution is -2.14. The van der Waals surface area contributed by atoms with Gasteiger partial charge in [0.2, 0.25) is 5.91 Å². The minimum absolute atomic E-state index is 0.0164. The normalized spacial score (nSPS) is 10.4. The smallest absolute Gasteiger partial charge is 0.230 e. The predicted molar refractivity (Wildman–Crippen MR) is 70.6 cm³/mol. The van der Waals surface area contributed by atoms with Gasteiger partial charge in [0.1, 0.15) is 5.82 Å². The average Bonchev–Trinajstić information content (AvgIpc) is 2.69. The van der Waals surface area contributed by atoms with E-state index >= 15 is 0 Å². The zero-order valence-electron chi connectivity index (χ0n) is 9.54. The van der Waals surface area contributed by atoms with Gasteiger partial charge in [-0.1, -0.05) is 11.6 Å². The Morgan fingerprint density at radius 3 is 2.94 bits per heavy atom. The SMILES string of the molecule is Cc1nc(CC(=O)Nc2ccc(F)c(Cl)c2)cs1. The Balaban J connectivity index is 2.00. The number of hydrogen-bond donors (Lipinski definition) is 1. The second-order valence-corrected chi connectivity index (χ2v) is 5.18. The molecule has 0 radical (unpaired) electrons. The highest BCUT2D eigenvalue weighted by atomic mass is 35.5. The first-order valence-electron chi connectivity index (χ1n) is 5.20. The molecule has 94 valence electrons. The van der Waals surface area contributed by atoms with E-state index in [1.165, 1.54) is 29.5 Å². The molecule has 6 heteroatoms. The van der Waals surface area contributed by atoms with E-state index in [1.54, 1.807) is 0 Å². The average molecular weight is 285 g/mol. The minimum atomic E-state index is -0.509. The lowest BCUT2D eigenvalue weighted by atomic mass is 10.2. The van der Waals surface area contributed by atoms with Crippen molar-refractivity contribution < 1.29 is 9.18 Å². The second kappa shape index (κ2) is 5.46. The van der Waals surface area contributed by atoms with Gasteiger partial charge in [0.25, 0.3) is 0 Å². The highest BCUT2D eigenvalue weighted by molar-refractivity contribution is 7.09. The summed E-state index contributed by atoms with van der Waals surface area (Å²) in [6.07, 6.45) is 0.194. The Morgan fingerprint density at radius 2 is 2.33 bits per heavy atom. The van der Waals surface area contributed by atoms with E-state index in [4.69, 9.17) is 11.6 Å².